The predicted octanol–water partition coefficient (Wildman–Crippen LogP) is 4.34. The molecule has 0 aliphatic carbocycles. The predicted molar refractivity (Wildman–Crippen MR) is 102 cm³/mol. The summed E-state index contributed by atoms with van der Waals surface area (Å²) in [6.45, 7) is 1.89. The molecule has 26 heavy (non-hydrogen) atoms. The van der Waals surface area contributed by atoms with Crippen LogP contribution in [0.2, 0.25) is 0 Å². The first kappa shape index (κ1) is 17.6. The number of benzene rings is 2. The van der Waals surface area contributed by atoms with Crippen molar-refractivity contribution in [2.75, 3.05) is 17.7 Å². The lowest BCUT2D eigenvalue weighted by molar-refractivity contribution is 0.103. The average Bonchev–Trinajstić information content (AvgIpc) is 3.15. The second-order valence-corrected chi connectivity index (χ2v) is 6.39. The normalized spacial score (nSPS) is 10.2. The highest BCUT2D eigenvalue weighted by molar-refractivity contribution is 7.13. The second kappa shape index (κ2) is 7.79. The van der Waals surface area contributed by atoms with Gasteiger partial charge in [-0.1, -0.05) is 23.8 Å². The number of carbonyl (C=O) groups is 2. The fourth-order valence-corrected chi connectivity index (χ4v) is 2.99. The van der Waals surface area contributed by atoms with Crippen LogP contribution in [0.5, 0.6) is 5.75 Å². The third kappa shape index (κ3) is 3.89. The summed E-state index contributed by atoms with van der Waals surface area (Å²) in [5, 5.41) is 7.59. The van der Waals surface area contributed by atoms with Gasteiger partial charge in [0.05, 0.1) is 18.4 Å². The molecule has 3 rings (SSSR count). The van der Waals surface area contributed by atoms with Crippen LogP contribution in [0.1, 0.15) is 21.5 Å². The Labute approximate surface area is 154 Å². The number of nitrogens with one attached hydrogen (secondary N) is 2. The van der Waals surface area contributed by atoms with Crippen LogP contribution in [0.3, 0.4) is 0 Å². The maximum atomic E-state index is 13.0. The Morgan fingerprint density at radius 3 is 2.62 bits per heavy atom. The molecule has 1 heterocycles. The van der Waals surface area contributed by atoms with E-state index in [1.54, 1.807) is 48.0 Å². The van der Waals surface area contributed by atoms with Gasteiger partial charge in [-0.25, -0.2) is 9.78 Å². The molecule has 0 fully saturated rings. The summed E-state index contributed by atoms with van der Waals surface area (Å²) in [7, 11) is 1.52. The number of hydrogen-bond acceptors (Lipinski definition) is 5. The molecule has 0 saturated carbocycles. The largest absolute Gasteiger partial charge is 0.496 e. The molecule has 1 aromatic heterocycles. The van der Waals surface area contributed by atoms with Crippen LogP contribution in [-0.2, 0) is 0 Å². The summed E-state index contributed by atoms with van der Waals surface area (Å²) in [5.41, 5.74) is 2.16. The Kier molecular flexibility index (Phi) is 5.28. The molecule has 7 heteroatoms. The first-order valence-corrected chi connectivity index (χ1v) is 8.72. The zero-order valence-corrected chi connectivity index (χ0v) is 15.1. The van der Waals surface area contributed by atoms with Crippen molar-refractivity contribution in [2.45, 2.75) is 6.92 Å². The minimum atomic E-state index is -0.460. The van der Waals surface area contributed by atoms with E-state index in [1.807, 2.05) is 13.0 Å². The number of urea groups is 1. The SMILES string of the molecule is COc1ccccc1C(=O)c1cc(C)ccc1NC(=O)Nc1nccs1. The maximum Gasteiger partial charge on any atom is 0.325 e. The number of para-hydroxylation sites is 1. The van der Waals surface area contributed by atoms with Gasteiger partial charge in [-0.3, -0.25) is 10.1 Å². The molecule has 0 unspecified atom stereocenters. The molecule has 132 valence electrons. The van der Waals surface area contributed by atoms with E-state index in [-0.39, 0.29) is 5.78 Å². The molecule has 3 aromatic rings. The quantitative estimate of drug-likeness (QED) is 0.658. The van der Waals surface area contributed by atoms with Crippen molar-refractivity contribution in [3.05, 3.63) is 70.7 Å². The van der Waals surface area contributed by atoms with Crippen molar-refractivity contribution in [3.63, 3.8) is 0 Å². The number of rotatable bonds is 5. The molecule has 0 aliphatic rings. The number of hydrogen-bond donors (Lipinski definition) is 2. The van der Waals surface area contributed by atoms with Gasteiger partial charge in [0.1, 0.15) is 5.75 Å². The van der Waals surface area contributed by atoms with Gasteiger partial charge in [0.15, 0.2) is 10.9 Å². The summed E-state index contributed by atoms with van der Waals surface area (Å²) in [6.07, 6.45) is 1.60. The molecule has 0 bridgehead atoms. The number of aromatic nitrogens is 1. The van der Waals surface area contributed by atoms with Crippen LogP contribution in [0.25, 0.3) is 0 Å². The van der Waals surface area contributed by atoms with Crippen molar-refractivity contribution in [3.8, 4) is 5.75 Å². The highest BCUT2D eigenvalue weighted by Gasteiger charge is 2.19. The Bertz CT molecular complexity index is 939. The number of carbonyl (C=O) groups excluding carboxylic acids is 2. The summed E-state index contributed by atoms with van der Waals surface area (Å²) >= 11 is 1.31. The lowest BCUT2D eigenvalue weighted by atomic mass is 9.99. The summed E-state index contributed by atoms with van der Waals surface area (Å²) in [5.74, 6) is 0.257. The molecule has 6 nitrogen and oxygen atoms in total. The maximum absolute atomic E-state index is 13.0. The third-order valence-corrected chi connectivity index (χ3v) is 4.36. The van der Waals surface area contributed by atoms with E-state index in [1.165, 1.54) is 18.4 Å². The molecular formula is C19H17N3O3S. The van der Waals surface area contributed by atoms with Crippen molar-refractivity contribution in [2.24, 2.45) is 0 Å². The smallest absolute Gasteiger partial charge is 0.325 e. The van der Waals surface area contributed by atoms with Gasteiger partial charge >= 0.3 is 6.03 Å². The zero-order valence-electron chi connectivity index (χ0n) is 14.3. The number of ether oxygens (including phenoxy) is 1. The number of amides is 2. The van der Waals surface area contributed by atoms with Crippen LogP contribution in [0, 0.1) is 6.92 Å². The first-order valence-electron chi connectivity index (χ1n) is 7.84. The van der Waals surface area contributed by atoms with Crippen molar-refractivity contribution in [1.82, 2.24) is 4.98 Å². The molecule has 0 saturated heterocycles. The molecule has 0 atom stereocenters. The van der Waals surface area contributed by atoms with Gasteiger partial charge in [-0.2, -0.15) is 0 Å². The van der Waals surface area contributed by atoms with Crippen LogP contribution in [-0.4, -0.2) is 23.9 Å². The molecule has 2 N–H and O–H groups in total. The van der Waals surface area contributed by atoms with Gasteiger partial charge in [0.25, 0.3) is 0 Å². The average molecular weight is 367 g/mol. The van der Waals surface area contributed by atoms with Gasteiger partial charge in [0, 0.05) is 17.1 Å². The monoisotopic (exact) mass is 367 g/mol. The highest BCUT2D eigenvalue weighted by Crippen LogP contribution is 2.26. The van der Waals surface area contributed by atoms with Crippen LogP contribution >= 0.6 is 11.3 Å². The molecule has 2 amide bonds. The van der Waals surface area contributed by atoms with Gasteiger partial charge in [0.2, 0.25) is 0 Å². The van der Waals surface area contributed by atoms with Gasteiger partial charge in [-0.05, 0) is 31.2 Å². The minimum absolute atomic E-state index is 0.226. The Hall–Kier alpha value is -3.19. The van der Waals surface area contributed by atoms with E-state index < -0.39 is 6.03 Å². The third-order valence-electron chi connectivity index (χ3n) is 3.67. The number of thiazole rings is 1. The first-order chi connectivity index (χ1) is 12.6. The Morgan fingerprint density at radius 1 is 1.08 bits per heavy atom. The molecule has 0 aliphatic heterocycles. The van der Waals surface area contributed by atoms with Crippen LogP contribution in [0.4, 0.5) is 15.6 Å². The second-order valence-electron chi connectivity index (χ2n) is 5.49. The van der Waals surface area contributed by atoms with Gasteiger partial charge in [-0.15, -0.1) is 11.3 Å². The van der Waals surface area contributed by atoms with E-state index in [2.05, 4.69) is 15.6 Å². The molecule has 2 aromatic carbocycles. The fourth-order valence-electron chi connectivity index (χ4n) is 2.47. The van der Waals surface area contributed by atoms with Crippen molar-refractivity contribution < 1.29 is 14.3 Å². The van der Waals surface area contributed by atoms with E-state index in [0.717, 1.165) is 5.56 Å². The summed E-state index contributed by atoms with van der Waals surface area (Å²) in [6, 6.07) is 11.8. The number of nitrogens with zero attached hydrogens (tertiary/aromatic N) is 1. The van der Waals surface area contributed by atoms with E-state index in [4.69, 9.17) is 4.74 Å². The molecule has 0 spiro atoms. The van der Waals surface area contributed by atoms with E-state index in [9.17, 15) is 9.59 Å². The topological polar surface area (TPSA) is 80.3 Å². The number of methoxy groups -OCH3 is 1. The van der Waals surface area contributed by atoms with Crippen LogP contribution in [0.15, 0.2) is 54.0 Å². The number of anilines is 2. The standard InChI is InChI=1S/C19H17N3O3S/c1-12-7-8-15(21-18(24)22-19-20-9-10-26-19)14(11-12)17(23)13-5-3-4-6-16(13)25-2/h3-11H,1-2H3,(H2,20,21,22,24). The summed E-state index contributed by atoms with van der Waals surface area (Å²) in [4.78, 5) is 29.2. The summed E-state index contributed by atoms with van der Waals surface area (Å²) < 4.78 is 5.28. The van der Waals surface area contributed by atoms with E-state index >= 15 is 0 Å². The van der Waals surface area contributed by atoms with Crippen LogP contribution < -0.4 is 15.4 Å². The lowest BCUT2D eigenvalue weighted by Gasteiger charge is -2.13. The number of aryl methyl sites for hydroxylation is 1. The Balaban J connectivity index is 1.90. The number of ketones is 1. The molecule has 0 radical (unpaired) electrons. The highest BCUT2D eigenvalue weighted by atomic mass is 32.1. The van der Waals surface area contributed by atoms with Gasteiger partial charge < -0.3 is 10.1 Å². The zero-order chi connectivity index (χ0) is 18.5. The lowest BCUT2D eigenvalue weighted by Crippen LogP contribution is -2.21. The Morgan fingerprint density at radius 2 is 1.88 bits per heavy atom. The minimum Gasteiger partial charge on any atom is -0.496 e. The fraction of sp³-hybridized carbons (Fsp3) is 0.105. The molecular weight excluding hydrogens is 350 g/mol. The van der Waals surface area contributed by atoms with Crippen molar-refractivity contribution >= 4 is 34.0 Å². The van der Waals surface area contributed by atoms with Crippen molar-refractivity contribution in [1.29, 1.82) is 0 Å². The van der Waals surface area contributed by atoms with E-state index in [0.29, 0.717) is 27.7 Å².